The molecule has 3 nitrogen and oxygen atoms in total. The van der Waals surface area contributed by atoms with E-state index in [0.29, 0.717) is 5.92 Å². The van der Waals surface area contributed by atoms with E-state index in [1.807, 2.05) is 16.7 Å². The van der Waals surface area contributed by atoms with E-state index in [1.165, 1.54) is 27.1 Å². The zero-order chi connectivity index (χ0) is 21.5. The molecule has 2 aromatic carbocycles. The van der Waals surface area contributed by atoms with Gasteiger partial charge in [-0.1, -0.05) is 66.2 Å². The van der Waals surface area contributed by atoms with Gasteiger partial charge in [-0.25, -0.2) is 4.98 Å². The first-order chi connectivity index (χ1) is 15.0. The van der Waals surface area contributed by atoms with Crippen LogP contribution in [0.15, 0.2) is 58.5 Å². The van der Waals surface area contributed by atoms with Gasteiger partial charge in [0.25, 0.3) is 5.56 Å². The van der Waals surface area contributed by atoms with Gasteiger partial charge in [0.15, 0.2) is 5.16 Å². The number of aromatic nitrogens is 2. The Morgan fingerprint density at radius 3 is 2.45 bits per heavy atom. The lowest BCUT2D eigenvalue weighted by Gasteiger charge is -2.18. The fraction of sp³-hybridized carbons (Fsp3) is 0.308. The van der Waals surface area contributed by atoms with E-state index in [4.69, 9.17) is 4.98 Å². The van der Waals surface area contributed by atoms with E-state index in [9.17, 15) is 4.79 Å². The molecule has 5 heteroatoms. The van der Waals surface area contributed by atoms with Crippen LogP contribution >= 0.6 is 23.1 Å². The molecule has 1 aliphatic rings. The van der Waals surface area contributed by atoms with Crippen LogP contribution in [0.5, 0.6) is 0 Å². The molecule has 0 N–H and O–H groups in total. The highest BCUT2D eigenvalue weighted by Gasteiger charge is 2.25. The van der Waals surface area contributed by atoms with E-state index in [0.717, 1.165) is 46.1 Å². The molecule has 31 heavy (non-hydrogen) atoms. The van der Waals surface area contributed by atoms with Crippen LogP contribution in [-0.2, 0) is 18.6 Å². The fourth-order valence-corrected chi connectivity index (χ4v) is 6.61. The maximum atomic E-state index is 13.8. The molecular weight excluding hydrogens is 420 g/mol. The van der Waals surface area contributed by atoms with Gasteiger partial charge in [-0.2, -0.15) is 0 Å². The third kappa shape index (κ3) is 3.97. The third-order valence-corrected chi connectivity index (χ3v) is 8.24. The van der Waals surface area contributed by atoms with Gasteiger partial charge >= 0.3 is 0 Å². The molecule has 0 bridgehead atoms. The molecule has 158 valence electrons. The Morgan fingerprint density at radius 1 is 1.06 bits per heavy atom. The molecule has 0 saturated heterocycles. The number of benzene rings is 2. The summed E-state index contributed by atoms with van der Waals surface area (Å²) in [6, 6.07) is 16.8. The van der Waals surface area contributed by atoms with Gasteiger partial charge < -0.3 is 0 Å². The molecule has 4 aromatic rings. The maximum absolute atomic E-state index is 13.8. The van der Waals surface area contributed by atoms with Gasteiger partial charge in [0.05, 0.1) is 11.1 Å². The van der Waals surface area contributed by atoms with Crippen LogP contribution in [0.25, 0.3) is 15.9 Å². The van der Waals surface area contributed by atoms with Crippen molar-refractivity contribution in [3.63, 3.8) is 0 Å². The molecule has 0 saturated carbocycles. The average Bonchev–Trinajstić information content (AvgIpc) is 3.12. The minimum Gasteiger partial charge on any atom is -0.268 e. The summed E-state index contributed by atoms with van der Waals surface area (Å²) in [6.07, 6.45) is 3.19. The number of rotatable bonds is 4. The number of hydrogen-bond donors (Lipinski definition) is 0. The van der Waals surface area contributed by atoms with Gasteiger partial charge in [-0.15, -0.1) is 11.3 Å². The molecule has 1 aliphatic carbocycles. The van der Waals surface area contributed by atoms with Crippen LogP contribution in [0.1, 0.15) is 40.5 Å². The highest BCUT2D eigenvalue weighted by Crippen LogP contribution is 2.37. The minimum atomic E-state index is 0.0762. The minimum absolute atomic E-state index is 0.0762. The van der Waals surface area contributed by atoms with Crippen molar-refractivity contribution >= 4 is 33.3 Å². The third-order valence-electron chi connectivity index (χ3n) is 6.08. The summed E-state index contributed by atoms with van der Waals surface area (Å²) in [5.74, 6) is 1.46. The van der Waals surface area contributed by atoms with Crippen LogP contribution in [0.3, 0.4) is 0 Å². The van der Waals surface area contributed by atoms with Crippen molar-refractivity contribution in [1.29, 1.82) is 0 Å². The summed E-state index contributed by atoms with van der Waals surface area (Å²) in [6.45, 7) is 6.46. The van der Waals surface area contributed by atoms with Gasteiger partial charge in [-0.05, 0) is 62.3 Å². The Bertz CT molecular complexity index is 1300. The lowest BCUT2D eigenvalue weighted by molar-refractivity contribution is 0.509. The van der Waals surface area contributed by atoms with E-state index in [2.05, 4.69) is 57.2 Å². The monoisotopic (exact) mass is 446 g/mol. The molecule has 1 unspecified atom stereocenters. The van der Waals surface area contributed by atoms with Crippen molar-refractivity contribution in [3.8, 4) is 5.69 Å². The van der Waals surface area contributed by atoms with Crippen LogP contribution in [0.2, 0.25) is 0 Å². The average molecular weight is 447 g/mol. The molecule has 1 atom stereocenters. The molecule has 0 radical (unpaired) electrons. The van der Waals surface area contributed by atoms with E-state index < -0.39 is 0 Å². The lowest BCUT2D eigenvalue weighted by Crippen LogP contribution is -2.22. The van der Waals surface area contributed by atoms with Crippen molar-refractivity contribution in [2.75, 3.05) is 0 Å². The number of fused-ring (bicyclic) bond motifs is 3. The molecule has 0 aliphatic heterocycles. The molecule has 5 rings (SSSR count). The Balaban J connectivity index is 1.65. The van der Waals surface area contributed by atoms with Crippen molar-refractivity contribution < 1.29 is 0 Å². The van der Waals surface area contributed by atoms with Gasteiger partial charge in [0.1, 0.15) is 4.83 Å². The predicted molar refractivity (Wildman–Crippen MR) is 132 cm³/mol. The maximum Gasteiger partial charge on any atom is 0.267 e. The van der Waals surface area contributed by atoms with Gasteiger partial charge in [-0.3, -0.25) is 9.36 Å². The number of thioether (sulfide) groups is 1. The standard InChI is InChI=1S/C26H26N2OS2/c1-16-4-9-19(10-5-16)15-30-26-27-24-23(21-13-8-18(3)14-22(21)31-24)25(29)28(26)20-11-6-17(2)7-12-20/h4-7,9-12,18H,8,13-15H2,1-3H3. The van der Waals surface area contributed by atoms with Gasteiger partial charge in [0, 0.05) is 10.6 Å². The quantitative estimate of drug-likeness (QED) is 0.266. The highest BCUT2D eigenvalue weighted by atomic mass is 32.2. The van der Waals surface area contributed by atoms with Gasteiger partial charge in [0.2, 0.25) is 0 Å². The largest absolute Gasteiger partial charge is 0.268 e. The van der Waals surface area contributed by atoms with Crippen molar-refractivity contribution in [3.05, 3.63) is 86.0 Å². The van der Waals surface area contributed by atoms with Crippen LogP contribution in [0.4, 0.5) is 0 Å². The molecular formula is C26H26N2OS2. The smallest absolute Gasteiger partial charge is 0.267 e. The predicted octanol–water partition coefficient (Wildman–Crippen LogP) is 6.48. The molecule has 2 heterocycles. The summed E-state index contributed by atoms with van der Waals surface area (Å²) in [5, 5.41) is 1.61. The first-order valence-corrected chi connectivity index (χ1v) is 12.6. The number of aryl methyl sites for hydroxylation is 3. The first kappa shape index (κ1) is 20.5. The first-order valence-electron chi connectivity index (χ1n) is 10.8. The summed E-state index contributed by atoms with van der Waals surface area (Å²) in [5.41, 5.74) is 5.88. The summed E-state index contributed by atoms with van der Waals surface area (Å²) in [7, 11) is 0. The summed E-state index contributed by atoms with van der Waals surface area (Å²) < 4.78 is 1.83. The molecule has 0 spiro atoms. The summed E-state index contributed by atoms with van der Waals surface area (Å²) >= 11 is 3.36. The molecule has 0 fully saturated rings. The Kier molecular flexibility index (Phi) is 5.49. The van der Waals surface area contributed by atoms with Crippen molar-refractivity contribution in [2.45, 2.75) is 50.9 Å². The zero-order valence-corrected chi connectivity index (χ0v) is 19.8. The van der Waals surface area contributed by atoms with Crippen LogP contribution < -0.4 is 5.56 Å². The second-order valence-corrected chi connectivity index (χ2v) is 10.7. The van der Waals surface area contributed by atoms with Crippen LogP contribution in [0, 0.1) is 19.8 Å². The number of thiophene rings is 1. The normalized spacial score (nSPS) is 15.9. The highest BCUT2D eigenvalue weighted by molar-refractivity contribution is 7.98. The van der Waals surface area contributed by atoms with E-state index >= 15 is 0 Å². The van der Waals surface area contributed by atoms with E-state index in [-0.39, 0.29) is 5.56 Å². The SMILES string of the molecule is Cc1ccc(CSc2nc3sc4c(c3c(=O)n2-c2ccc(C)cc2)CCC(C)C4)cc1. The topological polar surface area (TPSA) is 34.9 Å². The van der Waals surface area contributed by atoms with E-state index in [1.54, 1.807) is 23.1 Å². The second-order valence-electron chi connectivity index (χ2n) is 8.68. The fourth-order valence-electron chi connectivity index (χ4n) is 4.22. The Morgan fingerprint density at radius 2 is 1.74 bits per heavy atom. The Labute approximate surface area is 191 Å². The lowest BCUT2D eigenvalue weighted by atomic mass is 9.89. The second kappa shape index (κ2) is 8.29. The molecule has 0 amide bonds. The summed E-state index contributed by atoms with van der Waals surface area (Å²) in [4.78, 5) is 21.1. The molecule has 2 aromatic heterocycles. The van der Waals surface area contributed by atoms with Crippen molar-refractivity contribution in [1.82, 2.24) is 9.55 Å². The Hall–Kier alpha value is -2.37. The number of nitrogens with zero attached hydrogens (tertiary/aromatic N) is 2. The van der Waals surface area contributed by atoms with Crippen molar-refractivity contribution in [2.24, 2.45) is 5.92 Å². The van der Waals surface area contributed by atoms with Crippen LogP contribution in [-0.4, -0.2) is 9.55 Å². The number of hydrogen-bond acceptors (Lipinski definition) is 4. The zero-order valence-electron chi connectivity index (χ0n) is 18.1.